The van der Waals surface area contributed by atoms with Gasteiger partial charge >= 0.3 is 0 Å². The first kappa shape index (κ1) is 10.2. The summed E-state index contributed by atoms with van der Waals surface area (Å²) in [6.45, 7) is 7.30. The monoisotopic (exact) mass is 212 g/mol. The lowest BCUT2D eigenvalue weighted by Crippen LogP contribution is -2.09. The molecule has 0 aromatic carbocycles. The maximum atomic E-state index is 2.60. The fourth-order valence-electron chi connectivity index (χ4n) is 1.80. The van der Waals surface area contributed by atoms with Gasteiger partial charge in [-0.05, 0) is 12.0 Å². The number of hydrogen-bond acceptors (Lipinski definition) is 0. The summed E-state index contributed by atoms with van der Waals surface area (Å²) in [6.07, 6.45) is 6.59. The topological polar surface area (TPSA) is 0 Å². The molecule has 3 heteroatoms. The predicted molar refractivity (Wildman–Crippen MR) is 67.8 cm³/mol. The lowest BCUT2D eigenvalue weighted by atomic mass is 10.2. The third kappa shape index (κ3) is 2.57. The summed E-state index contributed by atoms with van der Waals surface area (Å²) in [5.41, 5.74) is 1.03. The maximum absolute atomic E-state index is 2.60. The summed E-state index contributed by atoms with van der Waals surface area (Å²) in [5, 5.41) is 3.60. The van der Waals surface area contributed by atoms with Crippen LogP contribution < -0.4 is 0 Å². The lowest BCUT2D eigenvalue weighted by Gasteiger charge is -2.19. The number of allylic oxidation sites excluding steroid dienone is 4. The van der Waals surface area contributed by atoms with Gasteiger partial charge in [0.25, 0.3) is 0 Å². The summed E-state index contributed by atoms with van der Waals surface area (Å²) >= 11 is 0. The first-order valence-corrected chi connectivity index (χ1v) is 11.7. The third-order valence-corrected chi connectivity index (χ3v) is 6.98. The fourth-order valence-corrected chi connectivity index (χ4v) is 6.21. The van der Waals surface area contributed by atoms with Crippen LogP contribution in [0.3, 0.4) is 0 Å². The van der Waals surface area contributed by atoms with Crippen LogP contribution in [0.25, 0.3) is 0 Å². The van der Waals surface area contributed by atoms with Crippen molar-refractivity contribution in [1.82, 2.24) is 0 Å². The highest BCUT2D eigenvalue weighted by Gasteiger charge is 2.11. The molecular formula is C9H20Si3. The molecule has 0 nitrogen and oxygen atoms in total. The molecule has 1 aliphatic carbocycles. The lowest BCUT2D eigenvalue weighted by molar-refractivity contribution is 0.990. The van der Waals surface area contributed by atoms with Crippen LogP contribution in [0.2, 0.25) is 25.2 Å². The van der Waals surface area contributed by atoms with Crippen LogP contribution in [0.15, 0.2) is 22.5 Å². The van der Waals surface area contributed by atoms with Crippen molar-refractivity contribution in [2.75, 3.05) is 0 Å². The van der Waals surface area contributed by atoms with Crippen LogP contribution in [-0.4, -0.2) is 28.6 Å². The highest BCUT2D eigenvalue weighted by atomic mass is 28.2. The van der Waals surface area contributed by atoms with Gasteiger partial charge in [-0.3, -0.25) is 0 Å². The Labute approximate surface area is 83.0 Å². The van der Waals surface area contributed by atoms with Gasteiger partial charge in [-0.1, -0.05) is 42.2 Å². The van der Waals surface area contributed by atoms with Crippen LogP contribution in [0.4, 0.5) is 0 Å². The minimum atomic E-state index is 0.115. The molecule has 0 radical (unpaired) electrons. The van der Waals surface area contributed by atoms with E-state index in [1.807, 2.05) is 5.20 Å². The summed E-state index contributed by atoms with van der Waals surface area (Å²) in [6, 6.07) is 0. The molecule has 0 amide bonds. The SMILES string of the molecule is C[SiH2]C1=CC([SiH2]C)CC([SiH2]C)=C1. The number of rotatable bonds is 3. The zero-order valence-corrected chi connectivity index (χ0v) is 12.8. The summed E-state index contributed by atoms with van der Waals surface area (Å²) < 4.78 is 0. The second-order valence-corrected chi connectivity index (χ2v) is 8.63. The molecule has 1 unspecified atom stereocenters. The third-order valence-electron chi connectivity index (χ3n) is 2.75. The molecule has 0 N–H and O–H groups in total. The molecule has 0 heterocycles. The van der Waals surface area contributed by atoms with E-state index in [0.717, 1.165) is 5.54 Å². The molecular weight excluding hydrogens is 192 g/mol. The Morgan fingerprint density at radius 3 is 2.50 bits per heavy atom. The second kappa shape index (κ2) is 4.99. The van der Waals surface area contributed by atoms with Gasteiger partial charge in [-0.15, -0.1) is 0 Å². The van der Waals surface area contributed by atoms with Crippen molar-refractivity contribution in [3.63, 3.8) is 0 Å². The molecule has 0 saturated heterocycles. The van der Waals surface area contributed by atoms with E-state index in [4.69, 9.17) is 0 Å². The van der Waals surface area contributed by atoms with Crippen molar-refractivity contribution in [1.29, 1.82) is 0 Å². The van der Waals surface area contributed by atoms with E-state index in [-0.39, 0.29) is 28.6 Å². The standard InChI is InChI=1S/C9H20Si3/c1-10-7-4-8(11-2)6-9(5-7)12-3/h4-5,8H,6,10-12H2,1-3H3. The van der Waals surface area contributed by atoms with Crippen molar-refractivity contribution in [2.45, 2.75) is 31.6 Å². The summed E-state index contributed by atoms with van der Waals surface area (Å²) in [4.78, 5) is 0. The molecule has 1 aliphatic rings. The summed E-state index contributed by atoms with van der Waals surface area (Å²) in [5.74, 6) is 0. The zero-order chi connectivity index (χ0) is 8.97. The van der Waals surface area contributed by atoms with Crippen molar-refractivity contribution >= 4 is 28.6 Å². The Hall–Kier alpha value is 0.131. The van der Waals surface area contributed by atoms with Gasteiger partial charge in [-0.25, -0.2) is 0 Å². The van der Waals surface area contributed by atoms with Crippen molar-refractivity contribution in [2.24, 2.45) is 0 Å². The molecule has 1 atom stereocenters. The van der Waals surface area contributed by atoms with Crippen LogP contribution in [-0.2, 0) is 0 Å². The average molecular weight is 213 g/mol. The van der Waals surface area contributed by atoms with Gasteiger partial charge < -0.3 is 0 Å². The van der Waals surface area contributed by atoms with E-state index in [0.29, 0.717) is 0 Å². The second-order valence-electron chi connectivity index (χ2n) is 3.62. The minimum Gasteiger partial charge on any atom is -0.0881 e. The van der Waals surface area contributed by atoms with E-state index >= 15 is 0 Å². The average Bonchev–Trinajstić information content (AvgIpc) is 2.16. The number of hydrogen-bond donors (Lipinski definition) is 0. The van der Waals surface area contributed by atoms with Crippen molar-refractivity contribution in [3.8, 4) is 0 Å². The van der Waals surface area contributed by atoms with Crippen molar-refractivity contribution < 1.29 is 0 Å². The Kier molecular flexibility index (Phi) is 4.25. The molecule has 1 rings (SSSR count). The van der Waals surface area contributed by atoms with E-state index in [9.17, 15) is 0 Å². The zero-order valence-electron chi connectivity index (χ0n) is 8.56. The van der Waals surface area contributed by atoms with Gasteiger partial charge in [0.15, 0.2) is 0 Å². The smallest absolute Gasteiger partial charge is 0.0512 e. The quantitative estimate of drug-likeness (QED) is 0.601. The van der Waals surface area contributed by atoms with Gasteiger partial charge in [0, 0.05) is 19.0 Å². The maximum Gasteiger partial charge on any atom is 0.0512 e. The molecule has 0 fully saturated rings. The molecule has 68 valence electrons. The first-order valence-electron chi connectivity index (χ1n) is 5.20. The Balaban J connectivity index is 2.70. The Bertz CT molecular complexity index is 206. The van der Waals surface area contributed by atoms with Crippen LogP contribution in [0.1, 0.15) is 6.42 Å². The highest BCUT2D eigenvalue weighted by Crippen LogP contribution is 2.25. The van der Waals surface area contributed by atoms with Crippen molar-refractivity contribution in [3.05, 3.63) is 22.5 Å². The predicted octanol–water partition coefficient (Wildman–Crippen LogP) is 0.597. The van der Waals surface area contributed by atoms with E-state index in [2.05, 4.69) is 31.8 Å². The Morgan fingerprint density at radius 1 is 1.25 bits per heavy atom. The molecule has 0 aromatic heterocycles. The molecule has 0 saturated carbocycles. The van der Waals surface area contributed by atoms with Gasteiger partial charge in [0.05, 0.1) is 9.52 Å². The molecule has 0 bridgehead atoms. The Morgan fingerprint density at radius 2 is 2.00 bits per heavy atom. The molecule has 12 heavy (non-hydrogen) atoms. The van der Waals surface area contributed by atoms with Gasteiger partial charge in [-0.2, -0.15) is 0 Å². The molecule has 0 aliphatic heterocycles. The van der Waals surface area contributed by atoms with Crippen LogP contribution in [0.5, 0.6) is 0 Å². The van der Waals surface area contributed by atoms with Gasteiger partial charge in [0.1, 0.15) is 0 Å². The molecule has 0 aromatic rings. The van der Waals surface area contributed by atoms with Gasteiger partial charge in [0.2, 0.25) is 0 Å². The highest BCUT2D eigenvalue weighted by molar-refractivity contribution is 6.49. The fraction of sp³-hybridized carbons (Fsp3) is 0.556. The minimum absolute atomic E-state index is 0.115. The summed E-state index contributed by atoms with van der Waals surface area (Å²) in [7, 11) is 0.479. The van der Waals surface area contributed by atoms with Crippen LogP contribution >= 0.6 is 0 Å². The molecule has 0 spiro atoms. The van der Waals surface area contributed by atoms with E-state index in [1.165, 1.54) is 6.42 Å². The van der Waals surface area contributed by atoms with E-state index < -0.39 is 0 Å². The first-order chi connectivity index (χ1) is 5.80. The van der Waals surface area contributed by atoms with E-state index in [1.54, 1.807) is 5.20 Å². The van der Waals surface area contributed by atoms with Crippen LogP contribution in [0, 0.1) is 0 Å². The largest absolute Gasteiger partial charge is 0.0881 e. The normalized spacial score (nSPS) is 26.4.